The molecule has 0 spiro atoms. The molecular weight excluding hydrogens is 446 g/mol. The molecule has 3 aromatic carbocycles. The molecule has 174 valence electrons. The van der Waals surface area contributed by atoms with Crippen LogP contribution >= 0.6 is 11.6 Å². The first-order valence-electron chi connectivity index (χ1n) is 12.2. The first-order valence-corrected chi connectivity index (χ1v) is 12.5. The summed E-state index contributed by atoms with van der Waals surface area (Å²) in [6, 6.07) is 20.5. The maximum absolute atomic E-state index is 14.1. The summed E-state index contributed by atoms with van der Waals surface area (Å²) in [4.78, 5) is 28.2. The Bertz CT molecular complexity index is 1290. The Morgan fingerprint density at radius 2 is 1.62 bits per heavy atom. The molecule has 6 rings (SSSR count). The molecule has 1 atom stereocenters. The highest BCUT2D eigenvalue weighted by Gasteiger charge is 2.62. The van der Waals surface area contributed by atoms with Crippen LogP contribution in [0.4, 0.5) is 5.69 Å². The van der Waals surface area contributed by atoms with Gasteiger partial charge in [-0.25, -0.2) is 0 Å². The first kappa shape index (κ1) is 21.7. The van der Waals surface area contributed by atoms with E-state index in [0.717, 1.165) is 53.5 Å². The second-order valence-corrected chi connectivity index (χ2v) is 10.8. The van der Waals surface area contributed by atoms with Gasteiger partial charge in [0.15, 0.2) is 0 Å². The third-order valence-electron chi connectivity index (χ3n) is 8.46. The molecule has 4 nitrogen and oxygen atoms in total. The molecule has 0 N–H and O–H groups in total. The lowest BCUT2D eigenvalue weighted by molar-refractivity contribution is -0.127. The van der Waals surface area contributed by atoms with Crippen LogP contribution in [0.15, 0.2) is 60.7 Å². The van der Waals surface area contributed by atoms with Crippen LogP contribution in [0.3, 0.4) is 0 Å². The highest BCUT2D eigenvalue weighted by atomic mass is 35.5. The minimum atomic E-state index is -0.501. The third-order valence-corrected chi connectivity index (χ3v) is 8.86. The third kappa shape index (κ3) is 3.19. The van der Waals surface area contributed by atoms with Gasteiger partial charge in [0.1, 0.15) is 12.4 Å². The quantitative estimate of drug-likeness (QED) is 0.393. The lowest BCUT2D eigenvalue weighted by Crippen LogP contribution is -2.41. The molecule has 2 aliphatic carbocycles. The second-order valence-electron chi connectivity index (χ2n) is 10.5. The standard InChI is InChI=1S/C29H28ClNO3/c1-19-16-31(27(33)29-13-11-28(18-29,12-14-29)26(30)32)23-15-24(34-17-20-7-3-2-4-8-20)21-9-5-6-10-22(21)25(19)23/h2-10,15,19H,11-14,16-18H2,1H3/t19-,28?,29?/m1/s1. The number of ether oxygens (including phenoxy) is 1. The number of fused-ring (bicyclic) bond motifs is 5. The predicted octanol–water partition coefficient (Wildman–Crippen LogP) is 6.58. The molecule has 0 aromatic heterocycles. The molecule has 0 saturated heterocycles. The van der Waals surface area contributed by atoms with Gasteiger partial charge in [-0.1, -0.05) is 61.5 Å². The predicted molar refractivity (Wildman–Crippen MR) is 134 cm³/mol. The molecule has 2 bridgehead atoms. The summed E-state index contributed by atoms with van der Waals surface area (Å²) in [5.41, 5.74) is 2.30. The van der Waals surface area contributed by atoms with E-state index in [1.54, 1.807) is 0 Å². The zero-order valence-corrected chi connectivity index (χ0v) is 20.1. The van der Waals surface area contributed by atoms with E-state index in [4.69, 9.17) is 16.3 Å². The second kappa shape index (κ2) is 7.84. The molecule has 3 aromatic rings. The Morgan fingerprint density at radius 3 is 2.29 bits per heavy atom. The van der Waals surface area contributed by atoms with Gasteiger partial charge in [-0.05, 0) is 60.2 Å². The average Bonchev–Trinajstić information content (AvgIpc) is 3.54. The number of rotatable bonds is 5. The molecule has 2 fully saturated rings. The number of halogens is 1. The molecular formula is C29H28ClNO3. The molecule has 2 saturated carbocycles. The van der Waals surface area contributed by atoms with E-state index in [0.29, 0.717) is 19.6 Å². The molecule has 0 radical (unpaired) electrons. The van der Waals surface area contributed by atoms with Gasteiger partial charge in [0.25, 0.3) is 0 Å². The fourth-order valence-corrected chi connectivity index (χ4v) is 6.91. The van der Waals surface area contributed by atoms with Crippen molar-refractivity contribution in [1.29, 1.82) is 0 Å². The largest absolute Gasteiger partial charge is 0.488 e. The number of carbonyl (C=O) groups excluding carboxylic acids is 2. The van der Waals surface area contributed by atoms with Crippen molar-refractivity contribution < 1.29 is 14.3 Å². The van der Waals surface area contributed by atoms with Crippen molar-refractivity contribution in [2.24, 2.45) is 10.8 Å². The van der Waals surface area contributed by atoms with Gasteiger partial charge in [0.2, 0.25) is 11.1 Å². The van der Waals surface area contributed by atoms with E-state index < -0.39 is 10.8 Å². The molecule has 1 amide bonds. The first-order chi connectivity index (χ1) is 16.4. The van der Waals surface area contributed by atoms with Crippen LogP contribution in [0, 0.1) is 10.8 Å². The van der Waals surface area contributed by atoms with Crippen molar-refractivity contribution in [3.8, 4) is 5.75 Å². The van der Waals surface area contributed by atoms with E-state index in [2.05, 4.69) is 37.3 Å². The summed E-state index contributed by atoms with van der Waals surface area (Å²) in [5, 5.41) is 1.95. The SMILES string of the molecule is C[C@@H]1CN(C(=O)C23CCC(C(=O)Cl)(CC2)C3)c2cc(OCc3ccccc3)c3ccccc3c21. The Balaban J connectivity index is 1.39. The monoisotopic (exact) mass is 473 g/mol. The van der Waals surface area contributed by atoms with Crippen LogP contribution in [-0.4, -0.2) is 17.7 Å². The van der Waals surface area contributed by atoms with Crippen LogP contribution < -0.4 is 9.64 Å². The lowest BCUT2D eigenvalue weighted by atomic mass is 9.81. The van der Waals surface area contributed by atoms with Gasteiger partial charge >= 0.3 is 0 Å². The minimum Gasteiger partial charge on any atom is -0.488 e. The number of carbonyl (C=O) groups is 2. The molecule has 5 heteroatoms. The van der Waals surface area contributed by atoms with Crippen molar-refractivity contribution in [3.63, 3.8) is 0 Å². The van der Waals surface area contributed by atoms with Crippen LogP contribution in [0.5, 0.6) is 5.75 Å². The van der Waals surface area contributed by atoms with Gasteiger partial charge in [0, 0.05) is 29.3 Å². The smallest absolute Gasteiger partial charge is 0.233 e. The van der Waals surface area contributed by atoms with Crippen LogP contribution in [0.25, 0.3) is 10.8 Å². The zero-order chi connectivity index (χ0) is 23.5. The number of hydrogen-bond acceptors (Lipinski definition) is 3. The Kier molecular flexibility index (Phi) is 5.00. The summed E-state index contributed by atoms with van der Waals surface area (Å²) in [5.74, 6) is 1.18. The zero-order valence-electron chi connectivity index (χ0n) is 19.4. The molecule has 0 unspecified atom stereocenters. The van der Waals surface area contributed by atoms with Crippen molar-refractivity contribution >= 4 is 39.2 Å². The fourth-order valence-electron chi connectivity index (χ4n) is 6.65. The average molecular weight is 474 g/mol. The van der Waals surface area contributed by atoms with E-state index in [9.17, 15) is 9.59 Å². The van der Waals surface area contributed by atoms with Gasteiger partial charge < -0.3 is 9.64 Å². The lowest BCUT2D eigenvalue weighted by Gasteiger charge is -2.31. The van der Waals surface area contributed by atoms with Gasteiger partial charge in [-0.2, -0.15) is 0 Å². The van der Waals surface area contributed by atoms with Crippen molar-refractivity contribution in [1.82, 2.24) is 0 Å². The summed E-state index contributed by atoms with van der Waals surface area (Å²) >= 11 is 5.99. The molecule has 1 aliphatic heterocycles. The normalized spacial score (nSPS) is 27.2. The van der Waals surface area contributed by atoms with Gasteiger partial charge in [-0.3, -0.25) is 9.59 Å². The number of nitrogens with zero attached hydrogens (tertiary/aromatic N) is 1. The molecule has 3 aliphatic rings. The number of anilines is 1. The van der Waals surface area contributed by atoms with E-state index in [1.807, 2.05) is 35.2 Å². The Morgan fingerprint density at radius 1 is 0.971 bits per heavy atom. The van der Waals surface area contributed by atoms with E-state index in [1.165, 1.54) is 5.56 Å². The van der Waals surface area contributed by atoms with Crippen molar-refractivity contribution in [2.45, 2.75) is 51.6 Å². The molecule has 34 heavy (non-hydrogen) atoms. The highest BCUT2D eigenvalue weighted by molar-refractivity contribution is 6.64. The minimum absolute atomic E-state index is 0.152. The van der Waals surface area contributed by atoms with Crippen LogP contribution in [0.1, 0.15) is 56.1 Å². The van der Waals surface area contributed by atoms with Crippen LogP contribution in [-0.2, 0) is 16.2 Å². The van der Waals surface area contributed by atoms with Crippen molar-refractivity contribution in [2.75, 3.05) is 11.4 Å². The summed E-state index contributed by atoms with van der Waals surface area (Å²) in [6.07, 6.45) is 3.53. The topological polar surface area (TPSA) is 46.6 Å². The summed E-state index contributed by atoms with van der Waals surface area (Å²) < 4.78 is 6.33. The van der Waals surface area contributed by atoms with Gasteiger partial charge in [-0.15, -0.1) is 0 Å². The number of amides is 1. The Labute approximate surface area is 204 Å². The van der Waals surface area contributed by atoms with Crippen LogP contribution in [0.2, 0.25) is 0 Å². The van der Waals surface area contributed by atoms with E-state index >= 15 is 0 Å². The highest BCUT2D eigenvalue weighted by Crippen LogP contribution is 2.63. The van der Waals surface area contributed by atoms with E-state index in [-0.39, 0.29) is 17.1 Å². The number of benzene rings is 3. The number of hydrogen-bond donors (Lipinski definition) is 0. The Hall–Kier alpha value is -2.85. The maximum atomic E-state index is 14.1. The fraction of sp³-hybridized carbons (Fsp3) is 0.379. The summed E-state index contributed by atoms with van der Waals surface area (Å²) in [7, 11) is 0. The van der Waals surface area contributed by atoms with Gasteiger partial charge in [0.05, 0.1) is 11.1 Å². The maximum Gasteiger partial charge on any atom is 0.233 e. The molecule has 1 heterocycles. The van der Waals surface area contributed by atoms with Crippen molar-refractivity contribution in [3.05, 3.63) is 71.8 Å². The summed E-state index contributed by atoms with van der Waals surface area (Å²) in [6.45, 7) is 3.32.